The van der Waals surface area contributed by atoms with Gasteiger partial charge in [0.2, 0.25) is 5.88 Å². The molecule has 0 fully saturated rings. The summed E-state index contributed by atoms with van der Waals surface area (Å²) in [4.78, 5) is 4.57. The van der Waals surface area contributed by atoms with Crippen molar-refractivity contribution in [1.29, 1.82) is 0 Å². The lowest BCUT2D eigenvalue weighted by molar-refractivity contribution is 0.295. The quantitative estimate of drug-likeness (QED) is 0.771. The molecule has 0 aliphatic carbocycles. The number of aromatic nitrogens is 1. The van der Waals surface area contributed by atoms with Gasteiger partial charge in [0.15, 0.2) is 0 Å². The smallest absolute Gasteiger partial charge is 0.214 e. The minimum absolute atomic E-state index is 0.736. The molecule has 2 aromatic rings. The zero-order valence-corrected chi connectivity index (χ0v) is 11.8. The molecule has 0 bridgehead atoms. The fourth-order valence-electron chi connectivity index (χ4n) is 2.16. The van der Waals surface area contributed by atoms with E-state index in [1.54, 1.807) is 0 Å². The lowest BCUT2D eigenvalue weighted by atomic mass is 10.1. The van der Waals surface area contributed by atoms with Gasteiger partial charge in [-0.05, 0) is 25.1 Å². The number of nitrogens with zero attached hydrogens (tertiary/aromatic N) is 1. The summed E-state index contributed by atoms with van der Waals surface area (Å²) in [7, 11) is 1.96. The minimum Gasteiger partial charge on any atom is -0.478 e. The molecule has 2 rings (SSSR count). The second-order valence-electron chi connectivity index (χ2n) is 4.72. The first-order valence-corrected chi connectivity index (χ1v) is 7.01. The number of ether oxygens (including phenoxy) is 1. The van der Waals surface area contributed by atoms with Crippen LogP contribution in [0.5, 0.6) is 5.88 Å². The molecule has 0 aliphatic rings. The van der Waals surface area contributed by atoms with E-state index in [2.05, 4.69) is 23.3 Å². The number of pyridine rings is 1. The van der Waals surface area contributed by atoms with Gasteiger partial charge in [0.25, 0.3) is 0 Å². The van der Waals surface area contributed by atoms with Crippen LogP contribution in [0.2, 0.25) is 0 Å². The molecule has 0 saturated carbocycles. The maximum atomic E-state index is 5.76. The molecule has 0 radical (unpaired) electrons. The average molecular weight is 258 g/mol. The number of hydrogen-bond acceptors (Lipinski definition) is 3. The summed E-state index contributed by atoms with van der Waals surface area (Å²) < 4.78 is 5.76. The Balaban J connectivity index is 2.19. The van der Waals surface area contributed by atoms with Crippen LogP contribution in [0.4, 0.5) is 0 Å². The average Bonchev–Trinajstić information content (AvgIpc) is 2.44. The van der Waals surface area contributed by atoms with Crippen molar-refractivity contribution in [2.24, 2.45) is 0 Å². The van der Waals surface area contributed by atoms with Crippen LogP contribution in [0.1, 0.15) is 31.7 Å². The Morgan fingerprint density at radius 2 is 2.05 bits per heavy atom. The standard InChI is InChI=1S/C16H22N2O/c1-3-4-7-10-19-16-11-13(12-17-2)14-8-5-6-9-15(14)18-16/h5-6,8-9,11,17H,3-4,7,10,12H2,1-2H3. The Morgan fingerprint density at radius 3 is 2.84 bits per heavy atom. The summed E-state index contributed by atoms with van der Waals surface area (Å²) in [5, 5.41) is 4.39. The molecule has 0 aliphatic heterocycles. The number of unbranched alkanes of at least 4 members (excludes halogenated alkanes) is 2. The van der Waals surface area contributed by atoms with Crippen molar-refractivity contribution in [3.63, 3.8) is 0 Å². The van der Waals surface area contributed by atoms with Crippen molar-refractivity contribution in [2.45, 2.75) is 32.7 Å². The fraction of sp³-hybridized carbons (Fsp3) is 0.438. The van der Waals surface area contributed by atoms with Crippen molar-refractivity contribution in [3.8, 4) is 5.88 Å². The molecular weight excluding hydrogens is 236 g/mol. The Labute approximate surface area is 115 Å². The van der Waals surface area contributed by atoms with Crippen LogP contribution in [-0.2, 0) is 6.54 Å². The molecule has 19 heavy (non-hydrogen) atoms. The molecule has 1 heterocycles. The molecule has 0 saturated heterocycles. The number of nitrogens with one attached hydrogen (secondary N) is 1. The summed E-state index contributed by atoms with van der Waals surface area (Å²) >= 11 is 0. The molecule has 0 spiro atoms. The van der Waals surface area contributed by atoms with Crippen molar-refractivity contribution < 1.29 is 4.74 Å². The highest BCUT2D eigenvalue weighted by atomic mass is 16.5. The highest BCUT2D eigenvalue weighted by molar-refractivity contribution is 5.82. The van der Waals surface area contributed by atoms with E-state index in [0.717, 1.165) is 31.0 Å². The van der Waals surface area contributed by atoms with Crippen molar-refractivity contribution in [3.05, 3.63) is 35.9 Å². The topological polar surface area (TPSA) is 34.1 Å². The Morgan fingerprint density at radius 1 is 1.21 bits per heavy atom. The predicted octanol–water partition coefficient (Wildman–Crippen LogP) is 3.52. The van der Waals surface area contributed by atoms with E-state index in [-0.39, 0.29) is 0 Å². The van der Waals surface area contributed by atoms with E-state index in [0.29, 0.717) is 0 Å². The third-order valence-corrected chi connectivity index (χ3v) is 3.14. The molecule has 0 amide bonds. The van der Waals surface area contributed by atoms with Crippen LogP contribution >= 0.6 is 0 Å². The maximum Gasteiger partial charge on any atom is 0.214 e. The van der Waals surface area contributed by atoms with Crippen LogP contribution < -0.4 is 10.1 Å². The van der Waals surface area contributed by atoms with E-state index in [1.807, 2.05) is 31.3 Å². The highest BCUT2D eigenvalue weighted by Gasteiger charge is 2.05. The van der Waals surface area contributed by atoms with E-state index in [4.69, 9.17) is 4.74 Å². The van der Waals surface area contributed by atoms with Gasteiger partial charge in [-0.3, -0.25) is 0 Å². The largest absolute Gasteiger partial charge is 0.478 e. The molecular formula is C16H22N2O. The van der Waals surface area contributed by atoms with Crippen LogP contribution in [0.15, 0.2) is 30.3 Å². The van der Waals surface area contributed by atoms with Gasteiger partial charge in [-0.2, -0.15) is 0 Å². The van der Waals surface area contributed by atoms with Gasteiger partial charge in [0.1, 0.15) is 0 Å². The summed E-state index contributed by atoms with van der Waals surface area (Å²) in [5.41, 5.74) is 2.24. The third-order valence-electron chi connectivity index (χ3n) is 3.14. The van der Waals surface area contributed by atoms with E-state index >= 15 is 0 Å². The first kappa shape index (κ1) is 13.8. The van der Waals surface area contributed by atoms with Crippen LogP contribution in [-0.4, -0.2) is 18.6 Å². The van der Waals surface area contributed by atoms with Gasteiger partial charge < -0.3 is 10.1 Å². The van der Waals surface area contributed by atoms with Crippen molar-refractivity contribution in [2.75, 3.05) is 13.7 Å². The molecule has 3 heteroatoms. The van der Waals surface area contributed by atoms with Gasteiger partial charge >= 0.3 is 0 Å². The Hall–Kier alpha value is -1.61. The van der Waals surface area contributed by atoms with Gasteiger partial charge in [-0.25, -0.2) is 4.98 Å². The number of fused-ring (bicyclic) bond motifs is 1. The summed E-state index contributed by atoms with van der Waals surface area (Å²) in [6.07, 6.45) is 3.50. The van der Waals surface area contributed by atoms with Crippen LogP contribution in [0.3, 0.4) is 0 Å². The number of benzene rings is 1. The lowest BCUT2D eigenvalue weighted by Gasteiger charge is -2.10. The number of hydrogen-bond donors (Lipinski definition) is 1. The SMILES string of the molecule is CCCCCOc1cc(CNC)c2ccccc2n1. The molecule has 0 unspecified atom stereocenters. The zero-order chi connectivity index (χ0) is 13.5. The summed E-state index contributed by atoms with van der Waals surface area (Å²) in [6.45, 7) is 3.77. The van der Waals surface area contributed by atoms with Crippen molar-refractivity contribution >= 4 is 10.9 Å². The number of para-hydroxylation sites is 1. The fourth-order valence-corrected chi connectivity index (χ4v) is 2.16. The van der Waals surface area contributed by atoms with Gasteiger partial charge in [0.05, 0.1) is 12.1 Å². The Bertz CT molecular complexity index is 525. The Kier molecular flexibility index (Phi) is 5.16. The van der Waals surface area contributed by atoms with Gasteiger partial charge in [0, 0.05) is 18.0 Å². The normalized spacial score (nSPS) is 10.8. The highest BCUT2D eigenvalue weighted by Crippen LogP contribution is 2.22. The van der Waals surface area contributed by atoms with Gasteiger partial charge in [-0.15, -0.1) is 0 Å². The second kappa shape index (κ2) is 7.10. The number of rotatable bonds is 7. The molecule has 102 valence electrons. The van der Waals surface area contributed by atoms with Crippen LogP contribution in [0.25, 0.3) is 10.9 Å². The summed E-state index contributed by atoms with van der Waals surface area (Å²) in [6, 6.07) is 10.2. The van der Waals surface area contributed by atoms with E-state index in [1.165, 1.54) is 23.8 Å². The second-order valence-corrected chi connectivity index (χ2v) is 4.72. The molecule has 1 N–H and O–H groups in total. The molecule has 1 aromatic carbocycles. The summed E-state index contributed by atoms with van der Waals surface area (Å²) in [5.74, 6) is 0.736. The zero-order valence-electron chi connectivity index (χ0n) is 11.8. The predicted molar refractivity (Wildman–Crippen MR) is 79.5 cm³/mol. The van der Waals surface area contributed by atoms with E-state index < -0.39 is 0 Å². The maximum absolute atomic E-state index is 5.76. The van der Waals surface area contributed by atoms with Gasteiger partial charge in [-0.1, -0.05) is 38.0 Å². The molecule has 0 atom stereocenters. The first-order valence-electron chi connectivity index (χ1n) is 7.01. The molecule has 3 nitrogen and oxygen atoms in total. The minimum atomic E-state index is 0.736. The van der Waals surface area contributed by atoms with Crippen LogP contribution in [0, 0.1) is 0 Å². The lowest BCUT2D eigenvalue weighted by Crippen LogP contribution is -2.07. The first-order chi connectivity index (χ1) is 9.35. The third kappa shape index (κ3) is 3.67. The van der Waals surface area contributed by atoms with Crippen molar-refractivity contribution in [1.82, 2.24) is 10.3 Å². The van der Waals surface area contributed by atoms with E-state index in [9.17, 15) is 0 Å². The monoisotopic (exact) mass is 258 g/mol. The molecule has 1 aromatic heterocycles.